The van der Waals surface area contributed by atoms with Crippen LogP contribution in [0, 0.1) is 11.8 Å². The quantitative estimate of drug-likeness (QED) is 0.0720. The fourth-order valence-corrected chi connectivity index (χ4v) is 7.41. The second kappa shape index (κ2) is 17.4. The molecule has 4 aliphatic rings. The number of hydrogen-bond donors (Lipinski definition) is 6. The van der Waals surface area contributed by atoms with Gasteiger partial charge in [-0.1, -0.05) is 25.5 Å². The average molecular weight is 707 g/mol. The van der Waals surface area contributed by atoms with E-state index in [0.717, 1.165) is 12.8 Å². The van der Waals surface area contributed by atoms with Crippen molar-refractivity contribution < 1.29 is 42.9 Å². The summed E-state index contributed by atoms with van der Waals surface area (Å²) in [5.74, 6) is -1.47. The number of ether oxygens (including phenoxy) is 4. The van der Waals surface area contributed by atoms with E-state index in [-0.39, 0.29) is 73.1 Å². The number of amides is 4. The normalized spacial score (nSPS) is 32.0. The second-order valence-electron chi connectivity index (χ2n) is 15.0. The average Bonchev–Trinajstić information content (AvgIpc) is 3.97. The van der Waals surface area contributed by atoms with E-state index in [0.29, 0.717) is 38.7 Å². The number of methoxy groups -OCH3 is 1. The Balaban J connectivity index is 1.15. The van der Waals surface area contributed by atoms with Crippen molar-refractivity contribution in [3.63, 3.8) is 0 Å². The standard InChI is InChI=1S/C35H58N6O9/c1-20(2)8-13-26-34(6,50-26)31-30(47-7)25(14-15-35(31)19-48-35)49-33(46)40-24-11-9-23(10-12-24)39-28(44)18-38-41-29(21(3)4)32(45)37-17-27(43)36-16-22(5)42/h8,21,23-26,29-31,38,41H,9-19H2,1-7H3,(H,36,43)(H,37,45)(H,39,44)(H,40,46)/t23?,24?,25?,26-,29+,30?,31?,34?,35+/m1/s1. The molecule has 0 aromatic carbocycles. The predicted octanol–water partition coefficient (Wildman–Crippen LogP) is 1.16. The number of alkyl carbamates (subject to hydrolysis) is 1. The van der Waals surface area contributed by atoms with Gasteiger partial charge in [-0.2, -0.15) is 0 Å². The molecule has 4 rings (SSSR count). The molecule has 1 spiro atoms. The summed E-state index contributed by atoms with van der Waals surface area (Å²) in [6, 6.07) is -0.802. The molecule has 50 heavy (non-hydrogen) atoms. The molecule has 282 valence electrons. The SMILES string of the molecule is COC1C(OC(=O)NC2CCC(NC(=O)CNN[C@H](C(=O)NCC(=O)NCC(C)=O)C(C)C)CC2)CC[C@]2(CO2)C1C1(C)O[C@@H]1CC=C(C)C. The summed E-state index contributed by atoms with van der Waals surface area (Å²) in [7, 11) is 1.66. The molecule has 0 bridgehead atoms. The van der Waals surface area contributed by atoms with Gasteiger partial charge in [0.25, 0.3) is 0 Å². The van der Waals surface area contributed by atoms with E-state index in [9.17, 15) is 24.0 Å². The van der Waals surface area contributed by atoms with Crippen LogP contribution in [0.4, 0.5) is 4.79 Å². The first-order chi connectivity index (χ1) is 23.7. The van der Waals surface area contributed by atoms with Crippen molar-refractivity contribution in [3.8, 4) is 0 Å². The van der Waals surface area contributed by atoms with Gasteiger partial charge in [0, 0.05) is 19.2 Å². The molecule has 4 amide bonds. The zero-order chi connectivity index (χ0) is 36.6. The van der Waals surface area contributed by atoms with E-state index in [1.165, 1.54) is 12.5 Å². The molecule has 6 N–H and O–H groups in total. The Hall–Kier alpha value is -3.11. The number of hydrogen-bond acceptors (Lipinski definition) is 11. The summed E-state index contributed by atoms with van der Waals surface area (Å²) in [5.41, 5.74) is 6.24. The molecule has 4 unspecified atom stereocenters. The molecular weight excluding hydrogens is 648 g/mol. The minimum atomic E-state index is -0.693. The van der Waals surface area contributed by atoms with Gasteiger partial charge in [0.15, 0.2) is 0 Å². The Bertz CT molecular complexity index is 1260. The van der Waals surface area contributed by atoms with Crippen LogP contribution in [0.5, 0.6) is 0 Å². The number of carbonyl (C=O) groups is 5. The molecule has 0 aromatic rings. The first-order valence-corrected chi connectivity index (χ1v) is 17.9. The Kier molecular flexibility index (Phi) is 13.8. The third-order valence-corrected chi connectivity index (χ3v) is 10.3. The lowest BCUT2D eigenvalue weighted by Gasteiger charge is -2.42. The van der Waals surface area contributed by atoms with Crippen LogP contribution >= 0.6 is 0 Å². The maximum absolute atomic E-state index is 13.1. The molecule has 7 atom stereocenters. The summed E-state index contributed by atoms with van der Waals surface area (Å²) in [5, 5.41) is 11.0. The van der Waals surface area contributed by atoms with Crippen LogP contribution in [0.3, 0.4) is 0 Å². The number of epoxide rings is 2. The summed E-state index contributed by atoms with van der Waals surface area (Å²) in [6.45, 7) is 11.6. The Morgan fingerprint density at radius 2 is 1.56 bits per heavy atom. The van der Waals surface area contributed by atoms with E-state index in [2.05, 4.69) is 59.0 Å². The highest BCUT2D eigenvalue weighted by Gasteiger charge is 2.72. The highest BCUT2D eigenvalue weighted by Crippen LogP contribution is 2.59. The molecule has 2 saturated heterocycles. The predicted molar refractivity (Wildman–Crippen MR) is 184 cm³/mol. The summed E-state index contributed by atoms with van der Waals surface area (Å²) in [6.07, 6.45) is 6.08. The van der Waals surface area contributed by atoms with Gasteiger partial charge in [-0.15, -0.1) is 0 Å². The van der Waals surface area contributed by atoms with Crippen molar-refractivity contribution in [3.05, 3.63) is 11.6 Å². The topological polar surface area (TPSA) is 201 Å². The van der Waals surface area contributed by atoms with Crippen molar-refractivity contribution in [2.24, 2.45) is 11.8 Å². The Morgan fingerprint density at radius 3 is 2.14 bits per heavy atom. The van der Waals surface area contributed by atoms with Crippen LogP contribution in [0.1, 0.15) is 86.5 Å². The third kappa shape index (κ3) is 10.7. The van der Waals surface area contributed by atoms with Gasteiger partial charge in [-0.05, 0) is 78.6 Å². The van der Waals surface area contributed by atoms with Crippen LogP contribution in [-0.4, -0.2) is 111 Å². The summed E-state index contributed by atoms with van der Waals surface area (Å²) >= 11 is 0. The number of rotatable bonds is 17. The number of carbonyl (C=O) groups excluding carboxylic acids is 5. The van der Waals surface area contributed by atoms with E-state index < -0.39 is 35.7 Å². The highest BCUT2D eigenvalue weighted by atomic mass is 16.6. The molecule has 4 fully saturated rings. The third-order valence-electron chi connectivity index (χ3n) is 10.3. The van der Waals surface area contributed by atoms with Crippen molar-refractivity contribution >= 4 is 29.6 Å². The van der Waals surface area contributed by atoms with Gasteiger partial charge in [-0.3, -0.25) is 19.2 Å². The van der Waals surface area contributed by atoms with E-state index in [1.807, 2.05) is 13.8 Å². The van der Waals surface area contributed by atoms with Crippen molar-refractivity contribution in [2.75, 3.05) is 33.4 Å². The fraction of sp³-hybridized carbons (Fsp3) is 0.800. The monoisotopic (exact) mass is 706 g/mol. The zero-order valence-corrected chi connectivity index (χ0v) is 30.6. The summed E-state index contributed by atoms with van der Waals surface area (Å²) < 4.78 is 24.3. The molecule has 2 aliphatic carbocycles. The van der Waals surface area contributed by atoms with E-state index in [1.54, 1.807) is 7.11 Å². The van der Waals surface area contributed by atoms with Gasteiger partial charge < -0.3 is 40.2 Å². The van der Waals surface area contributed by atoms with Gasteiger partial charge in [-0.25, -0.2) is 15.6 Å². The number of hydrazine groups is 1. The van der Waals surface area contributed by atoms with Crippen LogP contribution in [-0.2, 0) is 38.1 Å². The Morgan fingerprint density at radius 1 is 0.900 bits per heavy atom. The van der Waals surface area contributed by atoms with Crippen LogP contribution in [0.2, 0.25) is 0 Å². The lowest BCUT2D eigenvalue weighted by molar-refractivity contribution is -0.129. The van der Waals surface area contributed by atoms with Gasteiger partial charge >= 0.3 is 6.09 Å². The molecule has 2 aliphatic heterocycles. The van der Waals surface area contributed by atoms with E-state index in [4.69, 9.17) is 18.9 Å². The molecule has 2 saturated carbocycles. The lowest BCUT2D eigenvalue weighted by Crippen LogP contribution is -2.56. The highest BCUT2D eigenvalue weighted by molar-refractivity contribution is 5.89. The molecule has 15 heteroatoms. The zero-order valence-electron chi connectivity index (χ0n) is 30.6. The van der Waals surface area contributed by atoms with Crippen molar-refractivity contribution in [1.29, 1.82) is 0 Å². The smallest absolute Gasteiger partial charge is 0.407 e. The fourth-order valence-electron chi connectivity index (χ4n) is 7.41. The number of Topliss-reactive ketones (excluding diaryl/α,β-unsaturated/α-hetero) is 1. The lowest BCUT2D eigenvalue weighted by atomic mass is 9.68. The number of ketones is 1. The summed E-state index contributed by atoms with van der Waals surface area (Å²) in [4.78, 5) is 61.1. The van der Waals surface area contributed by atoms with Crippen molar-refractivity contribution in [1.82, 2.24) is 32.1 Å². The number of nitrogens with one attached hydrogen (secondary N) is 6. The van der Waals surface area contributed by atoms with Gasteiger partial charge in [0.1, 0.15) is 35.2 Å². The van der Waals surface area contributed by atoms with Gasteiger partial charge in [0.05, 0.1) is 38.3 Å². The second-order valence-corrected chi connectivity index (χ2v) is 15.0. The van der Waals surface area contributed by atoms with Crippen LogP contribution < -0.4 is 32.1 Å². The molecule has 2 heterocycles. The Labute approximate surface area is 295 Å². The van der Waals surface area contributed by atoms with Gasteiger partial charge in [0.2, 0.25) is 17.7 Å². The maximum atomic E-state index is 13.1. The first kappa shape index (κ1) is 39.7. The number of allylic oxidation sites excluding steroid dienone is 1. The van der Waals surface area contributed by atoms with Crippen molar-refractivity contribution in [2.45, 2.75) is 134 Å². The molecule has 0 radical (unpaired) electrons. The minimum Gasteiger partial charge on any atom is -0.443 e. The first-order valence-electron chi connectivity index (χ1n) is 17.9. The largest absolute Gasteiger partial charge is 0.443 e. The molecular formula is C35H58N6O9. The van der Waals surface area contributed by atoms with Crippen LogP contribution in [0.25, 0.3) is 0 Å². The molecule has 0 aromatic heterocycles. The minimum absolute atomic E-state index is 0.0404. The molecule has 15 nitrogen and oxygen atoms in total. The maximum Gasteiger partial charge on any atom is 0.407 e. The van der Waals surface area contributed by atoms with Crippen LogP contribution in [0.15, 0.2) is 11.6 Å². The van der Waals surface area contributed by atoms with E-state index >= 15 is 0 Å².